The van der Waals surface area contributed by atoms with Gasteiger partial charge in [0.1, 0.15) is 5.82 Å². The molecule has 2 aromatic heterocycles. The van der Waals surface area contributed by atoms with Gasteiger partial charge in [-0.3, -0.25) is 0 Å². The first-order valence-corrected chi connectivity index (χ1v) is 7.70. The predicted molar refractivity (Wildman–Crippen MR) is 85.5 cm³/mol. The number of rotatable bonds is 5. The van der Waals surface area contributed by atoms with E-state index in [1.165, 1.54) is 18.2 Å². The van der Waals surface area contributed by atoms with Crippen LogP contribution in [0.5, 0.6) is 0 Å². The molecule has 3 aromatic rings. The smallest absolute Gasteiger partial charge is 0.367 e. The van der Waals surface area contributed by atoms with Crippen LogP contribution in [0.3, 0.4) is 0 Å². The summed E-state index contributed by atoms with van der Waals surface area (Å²) >= 11 is 0. The second kappa shape index (κ2) is 7.13. The zero-order valence-electron chi connectivity index (χ0n) is 13.7. The predicted octanol–water partition coefficient (Wildman–Crippen LogP) is 4.62. The van der Waals surface area contributed by atoms with Crippen molar-refractivity contribution in [3.05, 3.63) is 35.9 Å². The highest BCUT2D eigenvalue weighted by Crippen LogP contribution is 2.30. The van der Waals surface area contributed by atoms with Crippen LogP contribution in [0.15, 0.2) is 24.3 Å². The normalized spacial score (nSPS) is 12.4. The number of imidazole rings is 1. The average Bonchev–Trinajstić information content (AvgIpc) is 2.99. The highest BCUT2D eigenvalue weighted by Gasteiger charge is 2.35. The molecule has 0 aliphatic rings. The van der Waals surface area contributed by atoms with E-state index in [-0.39, 0.29) is 23.0 Å². The van der Waals surface area contributed by atoms with E-state index in [1.54, 1.807) is 0 Å². The third-order valence-corrected chi connectivity index (χ3v) is 3.43. The van der Waals surface area contributed by atoms with Crippen molar-refractivity contribution in [1.82, 2.24) is 19.9 Å². The van der Waals surface area contributed by atoms with Gasteiger partial charge in [-0.25, -0.2) is 19.3 Å². The molecule has 0 aliphatic carbocycles. The van der Waals surface area contributed by atoms with E-state index in [9.17, 15) is 30.7 Å². The van der Waals surface area contributed by atoms with Crippen molar-refractivity contribution >= 4 is 28.6 Å². The number of para-hydroxylation sites is 1. The lowest BCUT2D eigenvalue weighted by molar-refractivity contribution is -0.144. The van der Waals surface area contributed by atoms with Crippen LogP contribution in [0.2, 0.25) is 0 Å². The van der Waals surface area contributed by atoms with Crippen LogP contribution in [0.1, 0.15) is 12.2 Å². The lowest BCUT2D eigenvalue weighted by Gasteiger charge is -2.13. The fraction of sp³-hybridized carbons (Fsp3) is 0.267. The third-order valence-electron chi connectivity index (χ3n) is 3.43. The standard InChI is InChI=1S/C15H11F7N6/c16-7-3-1-2-4-8(7)24-10-9(23-6-5-14(17,18)19)25-11-12(26-10)28-13(27-11)15(20,21)22/h1-4H,5-6H2,(H3,23,24,25,26,27,28). The first kappa shape index (κ1) is 19.6. The summed E-state index contributed by atoms with van der Waals surface area (Å²) in [6.45, 7) is -0.619. The van der Waals surface area contributed by atoms with Crippen LogP contribution >= 0.6 is 0 Å². The summed E-state index contributed by atoms with van der Waals surface area (Å²) in [5, 5.41) is 4.84. The molecule has 0 spiro atoms. The molecule has 0 atom stereocenters. The van der Waals surface area contributed by atoms with Gasteiger partial charge in [-0.1, -0.05) is 12.1 Å². The number of nitrogens with zero attached hydrogens (tertiary/aromatic N) is 3. The Morgan fingerprint density at radius 3 is 2.29 bits per heavy atom. The van der Waals surface area contributed by atoms with E-state index in [2.05, 4.69) is 25.6 Å². The van der Waals surface area contributed by atoms with Crippen LogP contribution in [0, 0.1) is 5.82 Å². The molecule has 0 aliphatic heterocycles. The topological polar surface area (TPSA) is 78.5 Å². The zero-order valence-corrected chi connectivity index (χ0v) is 13.7. The van der Waals surface area contributed by atoms with Crippen LogP contribution < -0.4 is 10.6 Å². The highest BCUT2D eigenvalue weighted by atomic mass is 19.4. The number of benzene rings is 1. The number of nitrogens with one attached hydrogen (secondary N) is 3. The minimum atomic E-state index is -4.80. The summed E-state index contributed by atoms with van der Waals surface area (Å²) in [4.78, 5) is 12.8. The molecular formula is C15H11F7N6. The maximum atomic E-state index is 13.8. The van der Waals surface area contributed by atoms with Gasteiger partial charge < -0.3 is 15.6 Å². The van der Waals surface area contributed by atoms with E-state index in [1.807, 2.05) is 4.98 Å². The first-order chi connectivity index (χ1) is 13.0. The molecule has 13 heteroatoms. The molecule has 0 radical (unpaired) electrons. The minimum absolute atomic E-state index is 0.0921. The van der Waals surface area contributed by atoms with Gasteiger partial charge in [-0.15, -0.1) is 0 Å². The molecule has 6 nitrogen and oxygen atoms in total. The van der Waals surface area contributed by atoms with Crippen molar-refractivity contribution in [2.45, 2.75) is 18.8 Å². The summed E-state index contributed by atoms with van der Waals surface area (Å²) in [5.41, 5.74) is -0.918. The van der Waals surface area contributed by atoms with Gasteiger partial charge in [-0.05, 0) is 12.1 Å². The van der Waals surface area contributed by atoms with Gasteiger partial charge in [0, 0.05) is 6.54 Å². The number of aromatic amines is 1. The molecule has 0 fully saturated rings. The molecule has 0 bridgehead atoms. The number of aromatic nitrogens is 4. The molecule has 1 aromatic carbocycles. The Hall–Kier alpha value is -3.12. The molecule has 0 amide bonds. The van der Waals surface area contributed by atoms with Crippen LogP contribution in [0.25, 0.3) is 11.3 Å². The zero-order chi connectivity index (χ0) is 20.5. The van der Waals surface area contributed by atoms with Gasteiger partial charge >= 0.3 is 12.4 Å². The number of hydrogen-bond donors (Lipinski definition) is 3. The molecule has 3 rings (SSSR count). The molecule has 0 saturated heterocycles. The van der Waals surface area contributed by atoms with E-state index >= 15 is 0 Å². The summed E-state index contributed by atoms with van der Waals surface area (Å²) < 4.78 is 89.3. The van der Waals surface area contributed by atoms with Crippen molar-refractivity contribution in [3.8, 4) is 0 Å². The molecule has 3 N–H and O–H groups in total. The number of fused-ring (bicyclic) bond motifs is 1. The van der Waals surface area contributed by atoms with Crippen molar-refractivity contribution in [3.63, 3.8) is 0 Å². The lowest BCUT2D eigenvalue weighted by atomic mass is 10.3. The van der Waals surface area contributed by atoms with Crippen molar-refractivity contribution in [2.75, 3.05) is 17.2 Å². The third kappa shape index (κ3) is 4.58. The Balaban J connectivity index is 1.99. The summed E-state index contributed by atoms with van der Waals surface area (Å²) in [7, 11) is 0. The molecule has 0 saturated carbocycles. The van der Waals surface area contributed by atoms with E-state index < -0.39 is 42.6 Å². The van der Waals surface area contributed by atoms with Gasteiger partial charge in [0.2, 0.25) is 5.82 Å². The number of anilines is 3. The Morgan fingerprint density at radius 2 is 1.64 bits per heavy atom. The molecule has 0 unspecified atom stereocenters. The first-order valence-electron chi connectivity index (χ1n) is 7.70. The molecule has 150 valence electrons. The van der Waals surface area contributed by atoms with Gasteiger partial charge in [0.15, 0.2) is 22.9 Å². The molecular weight excluding hydrogens is 397 g/mol. The van der Waals surface area contributed by atoms with Crippen molar-refractivity contribution in [2.24, 2.45) is 0 Å². The van der Waals surface area contributed by atoms with Crippen molar-refractivity contribution in [1.29, 1.82) is 0 Å². The average molecular weight is 408 g/mol. The maximum Gasteiger partial charge on any atom is 0.449 e. The SMILES string of the molecule is Fc1ccccc1Nc1nc2[nH]c(C(F)(F)F)nc2nc1NCCC(F)(F)F. The Labute approximate surface area is 152 Å². The van der Waals surface area contributed by atoms with E-state index in [0.29, 0.717) is 0 Å². The lowest BCUT2D eigenvalue weighted by Crippen LogP contribution is -2.16. The fourth-order valence-electron chi connectivity index (χ4n) is 2.19. The maximum absolute atomic E-state index is 13.8. The highest BCUT2D eigenvalue weighted by molar-refractivity contribution is 5.77. The Bertz CT molecular complexity index is 979. The molecule has 28 heavy (non-hydrogen) atoms. The second-order valence-electron chi connectivity index (χ2n) is 5.57. The summed E-state index contributed by atoms with van der Waals surface area (Å²) in [6, 6.07) is 5.31. The molecule has 2 heterocycles. The number of alkyl halides is 6. The fourth-order valence-corrected chi connectivity index (χ4v) is 2.19. The summed E-state index contributed by atoms with van der Waals surface area (Å²) in [6.07, 6.45) is -10.5. The van der Waals surface area contributed by atoms with Crippen LogP contribution in [-0.4, -0.2) is 32.7 Å². The monoisotopic (exact) mass is 408 g/mol. The quantitative estimate of drug-likeness (QED) is 0.537. The number of hydrogen-bond acceptors (Lipinski definition) is 5. The largest absolute Gasteiger partial charge is 0.449 e. The van der Waals surface area contributed by atoms with Crippen LogP contribution in [0.4, 0.5) is 48.1 Å². The van der Waals surface area contributed by atoms with Crippen LogP contribution in [-0.2, 0) is 6.18 Å². The Kier molecular flexibility index (Phi) is 5.00. The second-order valence-corrected chi connectivity index (χ2v) is 5.57. The van der Waals surface area contributed by atoms with E-state index in [4.69, 9.17) is 0 Å². The van der Waals surface area contributed by atoms with Crippen molar-refractivity contribution < 1.29 is 30.7 Å². The number of H-pyrrole nitrogens is 1. The van der Waals surface area contributed by atoms with Gasteiger partial charge in [0.25, 0.3) is 0 Å². The van der Waals surface area contributed by atoms with Gasteiger partial charge in [0.05, 0.1) is 12.1 Å². The minimum Gasteiger partial charge on any atom is -0.367 e. The Morgan fingerprint density at radius 1 is 0.929 bits per heavy atom. The number of halogens is 7. The van der Waals surface area contributed by atoms with Gasteiger partial charge in [-0.2, -0.15) is 26.3 Å². The summed E-state index contributed by atoms with van der Waals surface area (Å²) in [5.74, 6) is -2.64. The van der Waals surface area contributed by atoms with E-state index in [0.717, 1.165) is 6.07 Å².